The first-order chi connectivity index (χ1) is 16.3. The van der Waals surface area contributed by atoms with E-state index in [1.54, 1.807) is 47.4 Å². The first-order valence-corrected chi connectivity index (χ1v) is 11.4. The molecule has 0 unspecified atom stereocenters. The number of pyridine rings is 1. The van der Waals surface area contributed by atoms with Crippen molar-refractivity contribution in [2.24, 2.45) is 0 Å². The smallest absolute Gasteiger partial charge is 0.269 e. The van der Waals surface area contributed by atoms with Gasteiger partial charge in [0.25, 0.3) is 5.91 Å². The molecule has 3 rings (SSSR count). The van der Waals surface area contributed by atoms with Crippen molar-refractivity contribution in [2.45, 2.75) is 19.0 Å². The molecule has 1 aliphatic heterocycles. The van der Waals surface area contributed by atoms with Crippen LogP contribution in [0, 0.1) is 0 Å². The Morgan fingerprint density at radius 2 is 1.94 bits per heavy atom. The zero-order chi connectivity index (χ0) is 24.8. The van der Waals surface area contributed by atoms with E-state index in [2.05, 4.69) is 10.3 Å². The summed E-state index contributed by atoms with van der Waals surface area (Å²) >= 11 is 12.1. The Morgan fingerprint density at radius 3 is 2.59 bits per heavy atom. The molecule has 1 N–H and O–H groups in total. The minimum Gasteiger partial charge on any atom is -0.382 e. The van der Waals surface area contributed by atoms with Gasteiger partial charge < -0.3 is 19.9 Å². The second kappa shape index (κ2) is 11.5. The second-order valence-electron chi connectivity index (χ2n) is 7.86. The Balaban J connectivity index is 2.04. The Bertz CT molecular complexity index is 1110. The molecule has 2 atom stereocenters. The van der Waals surface area contributed by atoms with Gasteiger partial charge in [0.15, 0.2) is 0 Å². The number of hydrogen-bond acceptors (Lipinski definition) is 5. The summed E-state index contributed by atoms with van der Waals surface area (Å²) in [6.07, 6.45) is 2.84. The number of ether oxygens (including phenoxy) is 1. The van der Waals surface area contributed by atoms with Gasteiger partial charge in [0, 0.05) is 57.0 Å². The summed E-state index contributed by atoms with van der Waals surface area (Å²) in [5, 5.41) is 3.02. The number of amides is 3. The number of carbonyl (C=O) groups is 3. The van der Waals surface area contributed by atoms with Crippen molar-refractivity contribution in [3.05, 3.63) is 64.4 Å². The van der Waals surface area contributed by atoms with Crippen LogP contribution >= 0.6 is 23.2 Å². The molecule has 1 aliphatic rings. The Hall–Kier alpha value is -2.94. The van der Waals surface area contributed by atoms with Crippen LogP contribution in [0.1, 0.15) is 29.0 Å². The van der Waals surface area contributed by atoms with Gasteiger partial charge in [-0.2, -0.15) is 0 Å². The van der Waals surface area contributed by atoms with Crippen molar-refractivity contribution in [2.75, 3.05) is 33.9 Å². The number of benzene rings is 1. The average molecular weight is 505 g/mol. The minimum atomic E-state index is -0.434. The van der Waals surface area contributed by atoms with Gasteiger partial charge in [0.1, 0.15) is 5.69 Å². The van der Waals surface area contributed by atoms with Gasteiger partial charge in [-0.15, -0.1) is 0 Å². The quantitative estimate of drug-likeness (QED) is 0.609. The molecule has 1 aromatic carbocycles. The number of nitrogens with zero attached hydrogens (tertiary/aromatic N) is 3. The lowest BCUT2D eigenvalue weighted by atomic mass is 9.95. The summed E-state index contributed by atoms with van der Waals surface area (Å²) in [6.45, 7) is 2.32. The van der Waals surface area contributed by atoms with Gasteiger partial charge >= 0.3 is 0 Å². The van der Waals surface area contributed by atoms with Crippen LogP contribution in [0.3, 0.4) is 0 Å². The summed E-state index contributed by atoms with van der Waals surface area (Å²) < 4.78 is 5.30. The zero-order valence-corrected chi connectivity index (χ0v) is 20.6. The van der Waals surface area contributed by atoms with E-state index in [4.69, 9.17) is 27.9 Å². The lowest BCUT2D eigenvalue weighted by Gasteiger charge is -2.46. The average Bonchev–Trinajstić information content (AvgIpc) is 2.83. The van der Waals surface area contributed by atoms with Crippen molar-refractivity contribution in [3.63, 3.8) is 0 Å². The van der Waals surface area contributed by atoms with E-state index < -0.39 is 6.04 Å². The Kier molecular flexibility index (Phi) is 8.66. The summed E-state index contributed by atoms with van der Waals surface area (Å²) in [6, 6.07) is 8.17. The van der Waals surface area contributed by atoms with Gasteiger partial charge in [-0.25, -0.2) is 0 Å². The molecule has 180 valence electrons. The predicted octanol–water partition coefficient (Wildman–Crippen LogP) is 3.26. The van der Waals surface area contributed by atoms with Crippen LogP contribution in [0.4, 0.5) is 0 Å². The number of carbonyl (C=O) groups excluding carboxylic acids is 3. The minimum absolute atomic E-state index is 0.126. The van der Waals surface area contributed by atoms with E-state index in [0.29, 0.717) is 11.6 Å². The molecule has 0 saturated carbocycles. The number of nitrogens with one attached hydrogen (secondary N) is 1. The highest BCUT2D eigenvalue weighted by Crippen LogP contribution is 2.34. The molecule has 0 spiro atoms. The van der Waals surface area contributed by atoms with Gasteiger partial charge in [-0.05, 0) is 47.0 Å². The number of rotatable bonds is 6. The number of halogens is 2. The summed E-state index contributed by atoms with van der Waals surface area (Å²) in [7, 11) is 3.09. The highest BCUT2D eigenvalue weighted by Gasteiger charge is 2.38. The largest absolute Gasteiger partial charge is 0.382 e. The van der Waals surface area contributed by atoms with Crippen LogP contribution in [0.5, 0.6) is 0 Å². The maximum absolute atomic E-state index is 12.7. The number of methoxy groups -OCH3 is 1. The Morgan fingerprint density at radius 1 is 1.18 bits per heavy atom. The molecule has 1 fully saturated rings. The van der Waals surface area contributed by atoms with Gasteiger partial charge in [-0.3, -0.25) is 19.4 Å². The number of aromatic nitrogens is 1. The van der Waals surface area contributed by atoms with Crippen LogP contribution in [0.15, 0.2) is 48.1 Å². The van der Waals surface area contributed by atoms with E-state index >= 15 is 0 Å². The molecule has 0 radical (unpaired) electrons. The van der Waals surface area contributed by atoms with Crippen molar-refractivity contribution in [3.8, 4) is 11.1 Å². The van der Waals surface area contributed by atoms with Crippen molar-refractivity contribution >= 4 is 40.9 Å². The topological polar surface area (TPSA) is 91.8 Å². The summed E-state index contributed by atoms with van der Waals surface area (Å²) in [5.74, 6) is -0.694. The lowest BCUT2D eigenvalue weighted by Crippen LogP contribution is -2.58. The molecule has 3 amide bonds. The summed E-state index contributed by atoms with van der Waals surface area (Å²) in [5.41, 5.74) is 3.72. The maximum Gasteiger partial charge on any atom is 0.269 e. The maximum atomic E-state index is 12.7. The first kappa shape index (κ1) is 25.7. The van der Waals surface area contributed by atoms with Crippen LogP contribution < -0.4 is 5.32 Å². The van der Waals surface area contributed by atoms with Gasteiger partial charge in [0.05, 0.1) is 18.7 Å². The summed E-state index contributed by atoms with van der Waals surface area (Å²) in [4.78, 5) is 44.8. The SMILES string of the molecule is CNC(=O)c1cc(-c2cc(Cl)cc([C@@H]3CN(C(=O)/C=C\Cl)[C@@H](COC)CN3C(C)=O)c2)ccn1. The van der Waals surface area contributed by atoms with Gasteiger partial charge in [-0.1, -0.05) is 23.2 Å². The predicted molar refractivity (Wildman–Crippen MR) is 131 cm³/mol. The van der Waals surface area contributed by atoms with Gasteiger partial charge in [0.2, 0.25) is 11.8 Å². The molecule has 2 heterocycles. The molecule has 1 aromatic heterocycles. The number of piperazine rings is 1. The molecule has 0 aliphatic carbocycles. The van der Waals surface area contributed by atoms with E-state index in [1.165, 1.54) is 25.6 Å². The molecular formula is C24H26Cl2N4O4. The van der Waals surface area contributed by atoms with Crippen LogP contribution in [0.25, 0.3) is 11.1 Å². The molecule has 10 heteroatoms. The standard InChI is InChI=1S/C24H26Cl2N4O4/c1-15(31)29-12-20(14-34-3)30(23(32)4-6-25)13-22(29)18-8-17(9-19(26)10-18)16-5-7-28-21(11-16)24(33)27-2/h4-11,20,22H,12-14H2,1-3H3,(H,27,33)/b6-4-/t20-,22+/m1/s1. The van der Waals surface area contributed by atoms with E-state index in [0.717, 1.165) is 16.7 Å². The van der Waals surface area contributed by atoms with Crippen LogP contribution in [-0.4, -0.2) is 72.4 Å². The third kappa shape index (κ3) is 5.75. The number of hydrogen-bond donors (Lipinski definition) is 1. The third-order valence-electron chi connectivity index (χ3n) is 5.70. The van der Waals surface area contributed by atoms with Crippen molar-refractivity contribution < 1.29 is 19.1 Å². The molecule has 1 saturated heterocycles. The molecule has 8 nitrogen and oxygen atoms in total. The normalized spacial score (nSPS) is 18.3. The molecule has 34 heavy (non-hydrogen) atoms. The van der Waals surface area contributed by atoms with E-state index in [9.17, 15) is 14.4 Å². The van der Waals surface area contributed by atoms with Crippen molar-refractivity contribution in [1.82, 2.24) is 20.1 Å². The second-order valence-corrected chi connectivity index (χ2v) is 8.55. The monoisotopic (exact) mass is 504 g/mol. The van der Waals surface area contributed by atoms with Crippen molar-refractivity contribution in [1.29, 1.82) is 0 Å². The van der Waals surface area contributed by atoms with Crippen LogP contribution in [-0.2, 0) is 14.3 Å². The highest BCUT2D eigenvalue weighted by atomic mass is 35.5. The fourth-order valence-electron chi connectivity index (χ4n) is 4.11. The lowest BCUT2D eigenvalue weighted by molar-refractivity contribution is -0.144. The first-order valence-electron chi connectivity index (χ1n) is 10.6. The highest BCUT2D eigenvalue weighted by molar-refractivity contribution is 6.31. The molecule has 0 bridgehead atoms. The third-order valence-corrected chi connectivity index (χ3v) is 6.05. The zero-order valence-electron chi connectivity index (χ0n) is 19.1. The van der Waals surface area contributed by atoms with Crippen LogP contribution in [0.2, 0.25) is 5.02 Å². The van der Waals surface area contributed by atoms with E-state index in [-0.39, 0.29) is 42.6 Å². The fourth-order valence-corrected chi connectivity index (χ4v) is 4.46. The van der Waals surface area contributed by atoms with E-state index in [1.807, 2.05) is 6.07 Å². The Labute approximate surface area is 208 Å². The molecule has 2 aromatic rings. The molecular weight excluding hydrogens is 479 g/mol. The fraction of sp³-hybridized carbons (Fsp3) is 0.333.